The molecule has 120 valence electrons. The van der Waals surface area contributed by atoms with E-state index < -0.39 is 35.4 Å². The number of nitriles is 1. The number of aliphatic carboxylic acids is 2. The van der Waals surface area contributed by atoms with Crippen LogP contribution in [0.15, 0.2) is 24.3 Å². The second-order valence-corrected chi connectivity index (χ2v) is 6.10. The van der Waals surface area contributed by atoms with Crippen molar-refractivity contribution >= 4 is 11.9 Å². The third kappa shape index (κ3) is 2.27. The van der Waals surface area contributed by atoms with E-state index in [0.29, 0.717) is 17.5 Å². The first-order valence-corrected chi connectivity index (χ1v) is 7.26. The summed E-state index contributed by atoms with van der Waals surface area (Å²) in [6, 6.07) is 8.92. The number of fused-ring (bicyclic) bond motifs is 1. The van der Waals surface area contributed by atoms with Gasteiger partial charge in [-0.2, -0.15) is 5.26 Å². The van der Waals surface area contributed by atoms with E-state index in [-0.39, 0.29) is 12.5 Å². The fraction of sp³-hybridized carbons (Fsp3) is 0.438. The predicted molar refractivity (Wildman–Crippen MR) is 77.0 cm³/mol. The Morgan fingerprint density at radius 2 is 2.09 bits per heavy atom. The molecule has 2 fully saturated rings. The second-order valence-electron chi connectivity index (χ2n) is 6.10. The van der Waals surface area contributed by atoms with Crippen LogP contribution in [-0.4, -0.2) is 33.8 Å². The first-order chi connectivity index (χ1) is 10.9. The SMILES string of the molecule is N#Cc1ccccc1CO[C@@H]1C[C@H]2[C@H](C(=O)O)[C@H]2[C@]1(N)C(=O)O. The van der Waals surface area contributed by atoms with Crippen LogP contribution in [0.5, 0.6) is 0 Å². The van der Waals surface area contributed by atoms with Gasteiger partial charge < -0.3 is 20.7 Å². The summed E-state index contributed by atoms with van der Waals surface area (Å²) in [4.78, 5) is 22.8. The fourth-order valence-electron chi connectivity index (χ4n) is 3.74. The Morgan fingerprint density at radius 3 is 2.70 bits per heavy atom. The summed E-state index contributed by atoms with van der Waals surface area (Å²) in [5, 5.41) is 27.7. The lowest BCUT2D eigenvalue weighted by molar-refractivity contribution is -0.152. The van der Waals surface area contributed by atoms with Crippen LogP contribution >= 0.6 is 0 Å². The fourth-order valence-corrected chi connectivity index (χ4v) is 3.74. The lowest BCUT2D eigenvalue weighted by atomic mass is 9.89. The van der Waals surface area contributed by atoms with Crippen LogP contribution in [0, 0.1) is 29.1 Å². The zero-order valence-electron chi connectivity index (χ0n) is 12.2. The molecule has 0 amide bonds. The molecule has 1 aromatic rings. The van der Waals surface area contributed by atoms with Crippen LogP contribution in [0.25, 0.3) is 0 Å². The van der Waals surface area contributed by atoms with Gasteiger partial charge in [-0.25, -0.2) is 0 Å². The maximum atomic E-state index is 11.6. The Hall–Kier alpha value is -2.43. The van der Waals surface area contributed by atoms with Crippen molar-refractivity contribution in [2.75, 3.05) is 0 Å². The standard InChI is InChI=1S/C16H16N2O5/c17-6-8-3-1-2-4-9(8)7-23-11-5-10-12(14(19)20)13(10)16(11,18)15(21)22/h1-4,10-13H,5,7,18H2,(H,19,20)(H,21,22)/t10-,11+,12-,13-,16-/m0/s1. The van der Waals surface area contributed by atoms with Gasteiger partial charge in [0.1, 0.15) is 5.54 Å². The van der Waals surface area contributed by atoms with Crippen LogP contribution in [0.1, 0.15) is 17.5 Å². The van der Waals surface area contributed by atoms with Crippen molar-refractivity contribution in [3.8, 4) is 6.07 Å². The van der Waals surface area contributed by atoms with Crippen molar-refractivity contribution in [2.45, 2.75) is 24.7 Å². The van der Waals surface area contributed by atoms with Crippen molar-refractivity contribution in [3.63, 3.8) is 0 Å². The first kappa shape index (κ1) is 15.5. The molecule has 2 aliphatic rings. The van der Waals surface area contributed by atoms with Crippen molar-refractivity contribution in [2.24, 2.45) is 23.5 Å². The van der Waals surface area contributed by atoms with Crippen molar-refractivity contribution in [1.82, 2.24) is 0 Å². The molecule has 7 nitrogen and oxygen atoms in total. The smallest absolute Gasteiger partial charge is 0.326 e. The molecule has 0 heterocycles. The minimum Gasteiger partial charge on any atom is -0.481 e. The molecule has 0 aromatic heterocycles. The van der Waals surface area contributed by atoms with Crippen molar-refractivity contribution < 1.29 is 24.5 Å². The van der Waals surface area contributed by atoms with Crippen molar-refractivity contribution in [3.05, 3.63) is 35.4 Å². The molecule has 0 radical (unpaired) electrons. The highest BCUT2D eigenvalue weighted by Gasteiger charge is 2.74. The molecular formula is C16H16N2O5. The number of hydrogen-bond donors (Lipinski definition) is 3. The summed E-state index contributed by atoms with van der Waals surface area (Å²) in [6.07, 6.45) is -0.462. The van der Waals surface area contributed by atoms with E-state index in [9.17, 15) is 14.7 Å². The molecule has 2 aliphatic carbocycles. The monoisotopic (exact) mass is 316 g/mol. The van der Waals surface area contributed by atoms with Gasteiger partial charge in [-0.1, -0.05) is 18.2 Å². The highest BCUT2D eigenvalue weighted by atomic mass is 16.5. The normalized spacial score (nSPS) is 34.4. The predicted octanol–water partition coefficient (Wildman–Crippen LogP) is 0.576. The second kappa shape index (κ2) is 5.33. The number of rotatable bonds is 5. The Labute approximate surface area is 132 Å². The summed E-state index contributed by atoms with van der Waals surface area (Å²) in [7, 11) is 0. The Balaban J connectivity index is 1.76. The Morgan fingerprint density at radius 1 is 1.39 bits per heavy atom. The zero-order chi connectivity index (χ0) is 16.8. The number of nitrogens with zero attached hydrogens (tertiary/aromatic N) is 1. The maximum absolute atomic E-state index is 11.6. The van der Waals surface area contributed by atoms with Crippen LogP contribution in [0.3, 0.4) is 0 Å². The Bertz CT molecular complexity index is 713. The molecule has 3 rings (SSSR count). The topological polar surface area (TPSA) is 134 Å². The van der Waals surface area contributed by atoms with E-state index in [2.05, 4.69) is 0 Å². The number of benzene rings is 1. The van der Waals surface area contributed by atoms with E-state index in [1.54, 1.807) is 24.3 Å². The average molecular weight is 316 g/mol. The molecule has 23 heavy (non-hydrogen) atoms. The van der Waals surface area contributed by atoms with Gasteiger partial charge in [-0.15, -0.1) is 0 Å². The molecule has 0 spiro atoms. The van der Waals surface area contributed by atoms with Crippen LogP contribution < -0.4 is 5.73 Å². The zero-order valence-corrected chi connectivity index (χ0v) is 12.2. The average Bonchev–Trinajstić information content (AvgIpc) is 3.18. The first-order valence-electron chi connectivity index (χ1n) is 7.26. The number of carbonyl (C=O) groups is 2. The Kier molecular flexibility index (Phi) is 3.59. The summed E-state index contributed by atoms with van der Waals surface area (Å²) >= 11 is 0. The molecule has 4 N–H and O–H groups in total. The summed E-state index contributed by atoms with van der Waals surface area (Å²) in [6.45, 7) is 0.0673. The molecule has 0 saturated heterocycles. The largest absolute Gasteiger partial charge is 0.481 e. The van der Waals surface area contributed by atoms with Gasteiger partial charge >= 0.3 is 11.9 Å². The van der Waals surface area contributed by atoms with Crippen LogP contribution in [0.2, 0.25) is 0 Å². The quantitative estimate of drug-likeness (QED) is 0.723. The molecule has 1 aromatic carbocycles. The third-order valence-corrected chi connectivity index (χ3v) is 4.97. The van der Waals surface area contributed by atoms with Crippen LogP contribution in [-0.2, 0) is 20.9 Å². The minimum absolute atomic E-state index is 0.0673. The van der Waals surface area contributed by atoms with Gasteiger partial charge in [0.2, 0.25) is 0 Å². The van der Waals surface area contributed by atoms with E-state index in [0.717, 1.165) is 0 Å². The molecule has 7 heteroatoms. The van der Waals surface area contributed by atoms with Crippen LogP contribution in [0.4, 0.5) is 0 Å². The maximum Gasteiger partial charge on any atom is 0.326 e. The molecule has 2 saturated carbocycles. The number of nitrogens with two attached hydrogens (primary N) is 1. The lowest BCUT2D eigenvalue weighted by Gasteiger charge is -2.30. The van der Waals surface area contributed by atoms with E-state index in [1.807, 2.05) is 6.07 Å². The van der Waals surface area contributed by atoms with Gasteiger partial charge in [-0.05, 0) is 24.0 Å². The van der Waals surface area contributed by atoms with Gasteiger partial charge in [0.25, 0.3) is 0 Å². The van der Waals surface area contributed by atoms with Gasteiger partial charge in [0.05, 0.1) is 30.3 Å². The number of hydrogen-bond acceptors (Lipinski definition) is 5. The molecule has 0 bridgehead atoms. The molecule has 0 aliphatic heterocycles. The van der Waals surface area contributed by atoms with E-state index in [1.165, 1.54) is 0 Å². The third-order valence-electron chi connectivity index (χ3n) is 4.97. The molecule has 5 atom stereocenters. The van der Waals surface area contributed by atoms with E-state index in [4.69, 9.17) is 20.8 Å². The number of carboxylic acids is 2. The summed E-state index contributed by atoms with van der Waals surface area (Å²) in [5.74, 6) is -3.82. The highest BCUT2D eigenvalue weighted by molar-refractivity contribution is 5.86. The van der Waals surface area contributed by atoms with Crippen molar-refractivity contribution in [1.29, 1.82) is 5.26 Å². The lowest BCUT2D eigenvalue weighted by Crippen LogP contribution is -2.58. The van der Waals surface area contributed by atoms with Gasteiger partial charge in [-0.3, -0.25) is 9.59 Å². The van der Waals surface area contributed by atoms with E-state index >= 15 is 0 Å². The number of carboxylic acid groups (broad SMARTS) is 2. The summed E-state index contributed by atoms with van der Waals surface area (Å²) in [5.41, 5.74) is 5.45. The minimum atomic E-state index is -1.70. The molecule has 0 unspecified atom stereocenters. The highest BCUT2D eigenvalue weighted by Crippen LogP contribution is 2.62. The van der Waals surface area contributed by atoms with Gasteiger partial charge in [0, 0.05) is 5.92 Å². The molecular weight excluding hydrogens is 300 g/mol. The van der Waals surface area contributed by atoms with Gasteiger partial charge in [0.15, 0.2) is 0 Å². The number of ether oxygens (including phenoxy) is 1. The summed E-state index contributed by atoms with van der Waals surface area (Å²) < 4.78 is 5.69.